The van der Waals surface area contributed by atoms with Gasteiger partial charge in [-0.2, -0.15) is 0 Å². The molecule has 1 N–H and O–H groups in total. The van der Waals surface area contributed by atoms with Gasteiger partial charge in [0.1, 0.15) is 12.1 Å². The highest BCUT2D eigenvalue weighted by Crippen LogP contribution is 2.19. The number of rotatable bonds is 5. The van der Waals surface area contributed by atoms with Crippen LogP contribution in [-0.4, -0.2) is 70.4 Å². The second kappa shape index (κ2) is 7.53. The smallest absolute Gasteiger partial charge is 0.411 e. The van der Waals surface area contributed by atoms with Crippen molar-refractivity contribution < 1.29 is 29.0 Å². The van der Waals surface area contributed by atoms with E-state index in [1.807, 2.05) is 0 Å². The van der Waals surface area contributed by atoms with Crippen LogP contribution in [0.5, 0.6) is 0 Å². The maximum Gasteiger partial charge on any atom is 0.411 e. The Kier molecular flexibility index (Phi) is 6.28. The molecule has 1 rings (SSSR count). The van der Waals surface area contributed by atoms with Crippen molar-refractivity contribution in [2.45, 2.75) is 38.8 Å². The molecule has 0 spiro atoms. The van der Waals surface area contributed by atoms with Gasteiger partial charge in [0.15, 0.2) is 6.07 Å². The average molecular weight is 337 g/mol. The molecule has 0 bridgehead atoms. The number of carbonyl (C=O) groups excluding carboxylic acids is 2. The first kappa shape index (κ1) is 18.3. The van der Waals surface area contributed by atoms with Gasteiger partial charge in [-0.15, -0.1) is 0 Å². The van der Waals surface area contributed by atoms with Crippen LogP contribution in [0.3, 0.4) is 0 Å². The van der Waals surface area contributed by atoms with Crippen LogP contribution in [0.1, 0.15) is 27.2 Å². The maximum absolute atomic E-state index is 11.8. The highest BCUT2D eigenvalue weighted by molar-refractivity contribution is 6.17. The lowest BCUT2D eigenvalue weighted by Gasteiger charge is -2.41. The number of ether oxygens (including phenoxy) is 2. The lowest BCUT2D eigenvalue weighted by Crippen LogP contribution is -2.57. The van der Waals surface area contributed by atoms with E-state index in [1.165, 1.54) is 4.90 Å². The van der Waals surface area contributed by atoms with Crippen LogP contribution >= 0.6 is 11.6 Å². The molecule has 1 atom stereocenters. The molecule has 1 heterocycles. The van der Waals surface area contributed by atoms with Crippen LogP contribution in [0.15, 0.2) is 0 Å². The third-order valence-corrected chi connectivity index (χ3v) is 3.11. The number of alkyl halides is 1. The second-order valence-electron chi connectivity index (χ2n) is 5.90. The van der Waals surface area contributed by atoms with Crippen molar-refractivity contribution in [1.82, 2.24) is 9.80 Å². The summed E-state index contributed by atoms with van der Waals surface area (Å²) in [6, 6.07) is -0.709. The third kappa shape index (κ3) is 5.59. The minimum absolute atomic E-state index is 0.0568. The summed E-state index contributed by atoms with van der Waals surface area (Å²) in [6.45, 7) is 5.28. The van der Waals surface area contributed by atoms with Crippen molar-refractivity contribution >= 4 is 29.8 Å². The van der Waals surface area contributed by atoms with E-state index in [0.717, 1.165) is 4.90 Å². The molecule has 1 aliphatic heterocycles. The van der Waals surface area contributed by atoms with E-state index in [4.69, 9.17) is 21.4 Å². The van der Waals surface area contributed by atoms with Gasteiger partial charge in [0, 0.05) is 13.1 Å². The number of halogens is 1. The molecule has 0 aromatic rings. The summed E-state index contributed by atoms with van der Waals surface area (Å²) in [5.41, 5.74) is -0.678. The molecule has 0 aromatic carbocycles. The summed E-state index contributed by atoms with van der Waals surface area (Å²) in [5.74, 6) is -0.597. The number of amides is 2. The normalized spacial score (nSPS) is 17.5. The number of hydrogen-bond donors (Lipinski definition) is 1. The first-order chi connectivity index (χ1) is 10.1. The third-order valence-electron chi connectivity index (χ3n) is 3.00. The Labute approximate surface area is 133 Å². The Morgan fingerprint density at radius 1 is 1.36 bits per heavy atom. The molecular formula is C13H21ClN2O6. The van der Waals surface area contributed by atoms with E-state index in [0.29, 0.717) is 13.0 Å². The van der Waals surface area contributed by atoms with Gasteiger partial charge in [-0.3, -0.25) is 9.69 Å². The van der Waals surface area contributed by atoms with Gasteiger partial charge in [-0.1, -0.05) is 11.6 Å². The Balaban J connectivity index is 2.66. The number of likely N-dealkylation sites (tertiary alicyclic amines) is 1. The first-order valence-electron chi connectivity index (χ1n) is 6.83. The van der Waals surface area contributed by atoms with E-state index in [2.05, 4.69) is 4.74 Å². The van der Waals surface area contributed by atoms with E-state index in [9.17, 15) is 14.4 Å². The Hall–Kier alpha value is -1.70. The summed E-state index contributed by atoms with van der Waals surface area (Å²) in [6.07, 6.45) is -1.22. The number of esters is 1. The Morgan fingerprint density at radius 2 is 2.00 bits per heavy atom. The van der Waals surface area contributed by atoms with Crippen LogP contribution in [0.4, 0.5) is 9.59 Å². The zero-order valence-electron chi connectivity index (χ0n) is 12.9. The fourth-order valence-corrected chi connectivity index (χ4v) is 2.10. The monoisotopic (exact) mass is 336 g/mol. The van der Waals surface area contributed by atoms with Crippen molar-refractivity contribution in [3.63, 3.8) is 0 Å². The second-order valence-corrected chi connectivity index (χ2v) is 6.12. The van der Waals surface area contributed by atoms with Gasteiger partial charge in [0.2, 0.25) is 0 Å². The van der Waals surface area contributed by atoms with Crippen LogP contribution in [-0.2, 0) is 14.3 Å². The summed E-state index contributed by atoms with van der Waals surface area (Å²) >= 11 is 5.36. The van der Waals surface area contributed by atoms with Gasteiger partial charge in [-0.05, 0) is 27.2 Å². The molecule has 22 heavy (non-hydrogen) atoms. The van der Waals surface area contributed by atoms with Crippen molar-refractivity contribution in [2.75, 3.05) is 25.7 Å². The van der Waals surface area contributed by atoms with Gasteiger partial charge < -0.3 is 19.5 Å². The van der Waals surface area contributed by atoms with Crippen LogP contribution in [0.25, 0.3) is 0 Å². The van der Waals surface area contributed by atoms with E-state index in [1.54, 1.807) is 20.8 Å². The number of hydrogen-bond acceptors (Lipinski definition) is 5. The minimum atomic E-state index is -1.06. The fraction of sp³-hybridized carbons (Fsp3) is 0.769. The maximum atomic E-state index is 11.8. The van der Waals surface area contributed by atoms with E-state index >= 15 is 0 Å². The fourth-order valence-electron chi connectivity index (χ4n) is 2.01. The Morgan fingerprint density at radius 3 is 2.41 bits per heavy atom. The largest absolute Gasteiger partial charge is 0.465 e. The van der Waals surface area contributed by atoms with Gasteiger partial charge in [0.05, 0.1) is 6.04 Å². The summed E-state index contributed by atoms with van der Waals surface area (Å²) in [5, 5.41) is 8.97. The zero-order valence-corrected chi connectivity index (χ0v) is 13.6. The number of nitrogens with zero attached hydrogens (tertiary/aromatic N) is 2. The van der Waals surface area contributed by atoms with Gasteiger partial charge in [-0.25, -0.2) is 9.59 Å². The summed E-state index contributed by atoms with van der Waals surface area (Å²) in [7, 11) is 0. The van der Waals surface area contributed by atoms with Crippen LogP contribution in [0.2, 0.25) is 0 Å². The molecule has 2 amide bonds. The topological polar surface area (TPSA) is 96.4 Å². The lowest BCUT2D eigenvalue weighted by molar-refractivity contribution is -0.156. The van der Waals surface area contributed by atoms with Crippen molar-refractivity contribution in [3.8, 4) is 0 Å². The first-order valence-corrected chi connectivity index (χ1v) is 7.36. The molecule has 0 radical (unpaired) electrons. The highest BCUT2D eigenvalue weighted by atomic mass is 35.5. The Bertz CT molecular complexity index is 437. The van der Waals surface area contributed by atoms with Crippen LogP contribution in [0, 0.1) is 0 Å². The van der Waals surface area contributed by atoms with Crippen molar-refractivity contribution in [2.24, 2.45) is 0 Å². The summed E-state index contributed by atoms with van der Waals surface area (Å²) in [4.78, 5) is 37.0. The molecular weight excluding hydrogens is 316 g/mol. The lowest BCUT2D eigenvalue weighted by atomic mass is 10.0. The van der Waals surface area contributed by atoms with Gasteiger partial charge >= 0.3 is 18.2 Å². The summed E-state index contributed by atoms with van der Waals surface area (Å²) < 4.78 is 9.83. The molecule has 9 heteroatoms. The van der Waals surface area contributed by atoms with Crippen molar-refractivity contribution in [3.05, 3.63) is 0 Å². The standard InChI is InChI=1S/C13H21ClN2O6/c1-13(2,3)22-10(17)7-15(12(20)21-8-14)6-9-4-5-16(9)11(18)19/h9H,4-8H2,1-3H3,(H,18,19)/t9-/m1/s1. The highest BCUT2D eigenvalue weighted by Gasteiger charge is 2.35. The number of carboxylic acid groups (broad SMARTS) is 1. The molecule has 126 valence electrons. The van der Waals surface area contributed by atoms with Crippen molar-refractivity contribution in [1.29, 1.82) is 0 Å². The quantitative estimate of drug-likeness (QED) is 0.606. The molecule has 1 aliphatic rings. The minimum Gasteiger partial charge on any atom is -0.465 e. The predicted octanol–water partition coefficient (Wildman–Crippen LogP) is 1.72. The molecule has 0 aromatic heterocycles. The predicted molar refractivity (Wildman–Crippen MR) is 77.8 cm³/mol. The average Bonchev–Trinajstić information content (AvgIpc) is 2.29. The zero-order chi connectivity index (χ0) is 16.9. The SMILES string of the molecule is CC(C)(C)OC(=O)CN(C[C@H]1CCN1C(=O)O)C(=O)OCCl. The molecule has 1 fully saturated rings. The molecule has 1 saturated heterocycles. The molecule has 0 saturated carbocycles. The molecule has 8 nitrogen and oxygen atoms in total. The van der Waals surface area contributed by atoms with E-state index in [-0.39, 0.29) is 25.2 Å². The van der Waals surface area contributed by atoms with E-state index < -0.39 is 23.8 Å². The van der Waals surface area contributed by atoms with Gasteiger partial charge in [0.25, 0.3) is 0 Å². The molecule has 0 aliphatic carbocycles. The molecule has 0 unspecified atom stereocenters. The number of carbonyl (C=O) groups is 3. The van der Waals surface area contributed by atoms with Crippen LogP contribution < -0.4 is 0 Å².